The van der Waals surface area contributed by atoms with Gasteiger partial charge in [-0.25, -0.2) is 0 Å². The summed E-state index contributed by atoms with van der Waals surface area (Å²) in [5, 5.41) is 76.5. The van der Waals surface area contributed by atoms with Crippen LogP contribution in [-0.2, 0) is 14.2 Å². The van der Waals surface area contributed by atoms with Crippen LogP contribution in [0.5, 0.6) is 0 Å². The minimum Gasteiger partial charge on any atom is -0.394 e. The first kappa shape index (κ1) is 18.9. The molecule has 11 nitrogen and oxygen atoms in total. The SMILES string of the molecule is OC[C@H]1O[C@@H](O[C@@H]2[C@H](O)[C@@H](O)[C@@H](O)O[C@@H]2CO)[C@@H](O)[C@@H](O)[C@@H]1O. The lowest BCUT2D eigenvalue weighted by Gasteiger charge is -2.45. The summed E-state index contributed by atoms with van der Waals surface area (Å²) in [5.74, 6) is 0. The smallest absolute Gasteiger partial charge is 0.187 e. The quantitative estimate of drug-likeness (QED) is 0.243. The first-order chi connectivity index (χ1) is 10.8. The van der Waals surface area contributed by atoms with Gasteiger partial charge in [-0.1, -0.05) is 0 Å². The molecule has 2 aliphatic rings. The van der Waals surface area contributed by atoms with Gasteiger partial charge in [-0.3, -0.25) is 0 Å². The summed E-state index contributed by atoms with van der Waals surface area (Å²) in [4.78, 5) is 0. The fraction of sp³-hybridized carbons (Fsp3) is 1.00. The molecule has 0 amide bonds. The molecule has 0 aromatic rings. The number of hydrogen-bond donors (Lipinski definition) is 8. The van der Waals surface area contributed by atoms with Gasteiger partial charge in [0.25, 0.3) is 0 Å². The summed E-state index contributed by atoms with van der Waals surface area (Å²) in [6, 6.07) is 0. The molecule has 0 aliphatic carbocycles. The maximum atomic E-state index is 9.94. The Kier molecular flexibility index (Phi) is 6.27. The van der Waals surface area contributed by atoms with Crippen LogP contribution in [0.3, 0.4) is 0 Å². The molecule has 8 N–H and O–H groups in total. The molecule has 23 heavy (non-hydrogen) atoms. The largest absolute Gasteiger partial charge is 0.394 e. The molecule has 0 radical (unpaired) electrons. The number of hydrogen-bond acceptors (Lipinski definition) is 11. The molecule has 2 rings (SSSR count). The Morgan fingerprint density at radius 1 is 0.652 bits per heavy atom. The lowest BCUT2D eigenvalue weighted by molar-refractivity contribution is -0.355. The van der Waals surface area contributed by atoms with E-state index in [1.54, 1.807) is 0 Å². The summed E-state index contributed by atoms with van der Waals surface area (Å²) < 4.78 is 15.3. The topological polar surface area (TPSA) is 190 Å². The highest BCUT2D eigenvalue weighted by molar-refractivity contribution is 4.93. The average molecular weight is 342 g/mol. The van der Waals surface area contributed by atoms with E-state index < -0.39 is 74.6 Å². The minimum absolute atomic E-state index is 0.667. The van der Waals surface area contributed by atoms with Gasteiger partial charge in [0.1, 0.15) is 48.8 Å². The van der Waals surface area contributed by atoms with E-state index in [0.29, 0.717) is 0 Å². The summed E-state index contributed by atoms with van der Waals surface area (Å²) in [6.07, 6.45) is -15.6. The lowest BCUT2D eigenvalue weighted by Crippen LogP contribution is -2.64. The molecule has 10 atom stereocenters. The van der Waals surface area contributed by atoms with Crippen molar-refractivity contribution in [2.75, 3.05) is 13.2 Å². The maximum Gasteiger partial charge on any atom is 0.187 e. The zero-order valence-electron chi connectivity index (χ0n) is 12.0. The van der Waals surface area contributed by atoms with Crippen molar-refractivity contribution in [1.82, 2.24) is 0 Å². The van der Waals surface area contributed by atoms with Crippen molar-refractivity contribution >= 4 is 0 Å². The first-order valence-electron chi connectivity index (χ1n) is 7.08. The van der Waals surface area contributed by atoms with Crippen LogP contribution in [0.15, 0.2) is 0 Å². The second-order valence-electron chi connectivity index (χ2n) is 5.53. The van der Waals surface area contributed by atoms with Gasteiger partial charge in [0.2, 0.25) is 0 Å². The van der Waals surface area contributed by atoms with E-state index >= 15 is 0 Å². The van der Waals surface area contributed by atoms with Crippen LogP contribution in [0.1, 0.15) is 0 Å². The van der Waals surface area contributed by atoms with Crippen LogP contribution in [0.2, 0.25) is 0 Å². The molecule has 11 heteroatoms. The molecule has 0 spiro atoms. The van der Waals surface area contributed by atoms with E-state index in [1.165, 1.54) is 0 Å². The van der Waals surface area contributed by atoms with Crippen LogP contribution in [0, 0.1) is 0 Å². The zero-order valence-corrected chi connectivity index (χ0v) is 12.0. The van der Waals surface area contributed by atoms with E-state index in [9.17, 15) is 35.7 Å². The third kappa shape index (κ3) is 3.65. The van der Waals surface area contributed by atoms with Gasteiger partial charge in [-0.2, -0.15) is 0 Å². The Bertz CT molecular complexity index is 378. The first-order valence-corrected chi connectivity index (χ1v) is 7.08. The molecule has 0 aromatic carbocycles. The molecule has 0 aromatic heterocycles. The summed E-state index contributed by atoms with van der Waals surface area (Å²) in [5.41, 5.74) is 0. The summed E-state index contributed by atoms with van der Waals surface area (Å²) >= 11 is 0. The fourth-order valence-electron chi connectivity index (χ4n) is 2.57. The van der Waals surface area contributed by atoms with Gasteiger partial charge in [0.05, 0.1) is 13.2 Å². The van der Waals surface area contributed by atoms with Crippen LogP contribution in [0.4, 0.5) is 0 Å². The Morgan fingerprint density at radius 2 is 1.26 bits per heavy atom. The standard InChI is InChI=1S/C12H22O11/c13-1-3-5(15)6(16)9(19)12(22-3)23-10-4(2-14)21-11(20)8(18)7(10)17/h3-20H,1-2H2/t3-,4-,5-,6+,7-,8-,9+,10+,11+,12+/m1/s1. The molecular weight excluding hydrogens is 320 g/mol. The van der Waals surface area contributed by atoms with E-state index in [0.717, 1.165) is 0 Å². The predicted molar refractivity (Wildman–Crippen MR) is 68.6 cm³/mol. The van der Waals surface area contributed by atoms with Crippen molar-refractivity contribution in [3.05, 3.63) is 0 Å². The average Bonchev–Trinajstić information content (AvgIpc) is 2.55. The Balaban J connectivity index is 2.11. The van der Waals surface area contributed by atoms with Gasteiger partial charge in [0, 0.05) is 0 Å². The van der Waals surface area contributed by atoms with Gasteiger partial charge in [-0.05, 0) is 0 Å². The van der Waals surface area contributed by atoms with E-state index in [1.807, 2.05) is 0 Å². The summed E-state index contributed by atoms with van der Waals surface area (Å²) in [7, 11) is 0. The normalized spacial score (nSPS) is 51.7. The van der Waals surface area contributed by atoms with Crippen LogP contribution in [-0.4, -0.2) is 115 Å². The van der Waals surface area contributed by atoms with Gasteiger partial charge in [-0.15, -0.1) is 0 Å². The highest BCUT2D eigenvalue weighted by Crippen LogP contribution is 2.28. The molecule has 0 unspecified atom stereocenters. The van der Waals surface area contributed by atoms with E-state index in [4.69, 9.17) is 19.3 Å². The van der Waals surface area contributed by atoms with Crippen molar-refractivity contribution in [2.24, 2.45) is 0 Å². The number of aliphatic hydroxyl groups is 8. The van der Waals surface area contributed by atoms with E-state index in [-0.39, 0.29) is 0 Å². The monoisotopic (exact) mass is 342 g/mol. The molecule has 2 aliphatic heterocycles. The van der Waals surface area contributed by atoms with Gasteiger partial charge in [0.15, 0.2) is 12.6 Å². The van der Waals surface area contributed by atoms with Crippen molar-refractivity contribution in [3.8, 4) is 0 Å². The molecule has 2 saturated heterocycles. The van der Waals surface area contributed by atoms with Crippen LogP contribution >= 0.6 is 0 Å². The van der Waals surface area contributed by atoms with E-state index in [2.05, 4.69) is 0 Å². The van der Waals surface area contributed by atoms with Crippen molar-refractivity contribution in [1.29, 1.82) is 0 Å². The fourth-order valence-corrected chi connectivity index (χ4v) is 2.57. The minimum atomic E-state index is -1.74. The number of aliphatic hydroxyl groups excluding tert-OH is 8. The third-order valence-corrected chi connectivity index (χ3v) is 3.98. The lowest BCUT2D eigenvalue weighted by atomic mass is 9.97. The molecule has 2 fully saturated rings. The van der Waals surface area contributed by atoms with Crippen molar-refractivity contribution in [2.45, 2.75) is 61.4 Å². The van der Waals surface area contributed by atoms with Crippen molar-refractivity contribution in [3.63, 3.8) is 0 Å². The third-order valence-electron chi connectivity index (χ3n) is 3.98. The van der Waals surface area contributed by atoms with Crippen LogP contribution in [0.25, 0.3) is 0 Å². The van der Waals surface area contributed by atoms with Crippen LogP contribution < -0.4 is 0 Å². The second-order valence-corrected chi connectivity index (χ2v) is 5.53. The summed E-state index contributed by atoms with van der Waals surface area (Å²) in [6.45, 7) is -1.35. The Labute approximate surface area is 130 Å². The molecule has 136 valence electrons. The Hall–Kier alpha value is -0.440. The Morgan fingerprint density at radius 3 is 1.83 bits per heavy atom. The van der Waals surface area contributed by atoms with Crippen molar-refractivity contribution < 1.29 is 55.1 Å². The second kappa shape index (κ2) is 7.63. The molecular formula is C12H22O11. The highest BCUT2D eigenvalue weighted by Gasteiger charge is 2.50. The molecule has 2 heterocycles. The number of ether oxygens (including phenoxy) is 3. The maximum absolute atomic E-state index is 9.94. The van der Waals surface area contributed by atoms with Gasteiger partial charge < -0.3 is 55.1 Å². The number of rotatable bonds is 4. The highest BCUT2D eigenvalue weighted by atomic mass is 16.7. The van der Waals surface area contributed by atoms with Gasteiger partial charge >= 0.3 is 0 Å². The predicted octanol–water partition coefficient (Wildman–Crippen LogP) is -5.40. The molecule has 0 bridgehead atoms. The zero-order chi connectivity index (χ0) is 17.3. The molecule has 0 saturated carbocycles.